The Morgan fingerprint density at radius 3 is 2.19 bits per heavy atom. The third-order valence-electron chi connectivity index (χ3n) is 5.25. The van der Waals surface area contributed by atoms with Gasteiger partial charge >= 0.3 is 0 Å². The van der Waals surface area contributed by atoms with Crippen molar-refractivity contribution in [2.75, 3.05) is 6.61 Å². The van der Waals surface area contributed by atoms with Gasteiger partial charge in [0.1, 0.15) is 5.52 Å². The predicted octanol–water partition coefficient (Wildman–Crippen LogP) is 7.79. The molecule has 0 saturated heterocycles. The van der Waals surface area contributed by atoms with Gasteiger partial charge in [-0.3, -0.25) is 0 Å². The first kappa shape index (κ1) is 21.0. The van der Waals surface area contributed by atoms with E-state index in [1.807, 2.05) is 36.4 Å². The molecule has 0 unspecified atom stereocenters. The molecule has 0 radical (unpaired) electrons. The fourth-order valence-electron chi connectivity index (χ4n) is 3.55. The summed E-state index contributed by atoms with van der Waals surface area (Å²) in [4.78, 5) is 4.47. The number of benzene rings is 3. The number of halogens is 2. The summed E-state index contributed by atoms with van der Waals surface area (Å²) in [7, 11) is 0. The molecule has 0 aliphatic rings. The summed E-state index contributed by atoms with van der Waals surface area (Å²) in [6, 6.07) is 17.4. The van der Waals surface area contributed by atoms with Crippen molar-refractivity contribution in [1.29, 1.82) is 0 Å². The highest BCUT2D eigenvalue weighted by molar-refractivity contribution is 5.76. The van der Waals surface area contributed by atoms with Crippen LogP contribution < -0.4 is 4.74 Å². The Kier molecular flexibility index (Phi) is 6.60. The first-order valence-electron chi connectivity index (χ1n) is 10.7. The minimum atomic E-state index is -0.688. The number of aromatic nitrogens is 1. The Hall–Kier alpha value is -3.21. The van der Waals surface area contributed by atoms with Crippen LogP contribution in [0.15, 0.2) is 65.1 Å². The van der Waals surface area contributed by atoms with Gasteiger partial charge in [-0.15, -0.1) is 0 Å². The van der Waals surface area contributed by atoms with Crippen LogP contribution in [0, 0.1) is 11.6 Å². The maximum atomic E-state index is 14.5. The average Bonchev–Trinajstić information content (AvgIpc) is 3.22. The van der Waals surface area contributed by atoms with Gasteiger partial charge in [-0.25, -0.2) is 13.8 Å². The molecule has 0 bridgehead atoms. The molecule has 0 atom stereocenters. The molecule has 5 heteroatoms. The summed E-state index contributed by atoms with van der Waals surface area (Å²) < 4.78 is 40.1. The first-order valence-corrected chi connectivity index (χ1v) is 10.7. The first-order chi connectivity index (χ1) is 15.2. The van der Waals surface area contributed by atoms with Crippen molar-refractivity contribution >= 4 is 11.1 Å². The Morgan fingerprint density at radius 1 is 0.806 bits per heavy atom. The molecule has 0 N–H and O–H groups in total. The zero-order valence-corrected chi connectivity index (χ0v) is 17.5. The second-order valence-corrected chi connectivity index (χ2v) is 7.60. The van der Waals surface area contributed by atoms with E-state index in [0.717, 1.165) is 36.8 Å². The van der Waals surface area contributed by atoms with Crippen LogP contribution in [-0.2, 0) is 0 Å². The van der Waals surface area contributed by atoms with Crippen LogP contribution in [0.25, 0.3) is 33.7 Å². The summed E-state index contributed by atoms with van der Waals surface area (Å²) in [5, 5.41) is 0. The van der Waals surface area contributed by atoms with Crippen molar-refractivity contribution in [3.63, 3.8) is 0 Å². The molecule has 0 saturated carbocycles. The number of fused-ring (bicyclic) bond motifs is 1. The number of rotatable bonds is 9. The number of oxazole rings is 1. The van der Waals surface area contributed by atoms with E-state index in [4.69, 9.17) is 9.15 Å². The van der Waals surface area contributed by atoms with Gasteiger partial charge in [0.05, 0.1) is 6.61 Å². The van der Waals surface area contributed by atoms with Gasteiger partial charge in [0.25, 0.3) is 0 Å². The second kappa shape index (κ2) is 9.73. The fourth-order valence-corrected chi connectivity index (χ4v) is 3.55. The Balaban J connectivity index is 1.46. The van der Waals surface area contributed by atoms with Gasteiger partial charge in [-0.1, -0.05) is 56.9 Å². The number of nitrogens with zero attached hydrogens (tertiary/aromatic N) is 1. The van der Waals surface area contributed by atoms with Crippen molar-refractivity contribution in [3.8, 4) is 28.3 Å². The predicted molar refractivity (Wildman–Crippen MR) is 119 cm³/mol. The van der Waals surface area contributed by atoms with Crippen LogP contribution in [0.5, 0.6) is 5.75 Å². The molecular weight excluding hydrogens is 396 g/mol. The van der Waals surface area contributed by atoms with E-state index < -0.39 is 11.6 Å². The number of para-hydroxylation sites is 2. The lowest BCUT2D eigenvalue weighted by Gasteiger charge is -2.11. The highest BCUT2D eigenvalue weighted by Crippen LogP contribution is 2.31. The smallest absolute Gasteiger partial charge is 0.227 e. The lowest BCUT2D eigenvalue weighted by atomic mass is 10.0. The van der Waals surface area contributed by atoms with E-state index >= 15 is 0 Å². The minimum absolute atomic E-state index is 0.303. The lowest BCUT2D eigenvalue weighted by Crippen LogP contribution is -2.02. The largest absolute Gasteiger partial charge is 0.488 e. The quantitative estimate of drug-likeness (QED) is 0.259. The van der Waals surface area contributed by atoms with E-state index in [1.54, 1.807) is 12.1 Å². The van der Waals surface area contributed by atoms with Gasteiger partial charge in [-0.05, 0) is 53.9 Å². The van der Waals surface area contributed by atoms with Gasteiger partial charge < -0.3 is 9.15 Å². The Labute approximate surface area is 180 Å². The van der Waals surface area contributed by atoms with Crippen molar-refractivity contribution < 1.29 is 17.9 Å². The van der Waals surface area contributed by atoms with Crippen LogP contribution in [0.2, 0.25) is 0 Å². The summed E-state index contributed by atoms with van der Waals surface area (Å²) in [6.45, 7) is 2.46. The summed E-state index contributed by atoms with van der Waals surface area (Å²) in [6.07, 6.45) is 5.23. The minimum Gasteiger partial charge on any atom is -0.488 e. The normalized spacial score (nSPS) is 11.2. The summed E-state index contributed by atoms with van der Waals surface area (Å²) in [5.41, 5.74) is 3.44. The molecule has 3 aromatic carbocycles. The summed E-state index contributed by atoms with van der Waals surface area (Å²) in [5.74, 6) is -1.17. The fraction of sp³-hybridized carbons (Fsp3) is 0.269. The molecular formula is C26H25F2NO2. The van der Waals surface area contributed by atoms with E-state index in [9.17, 15) is 8.78 Å². The maximum Gasteiger partial charge on any atom is 0.227 e. The van der Waals surface area contributed by atoms with Crippen LogP contribution in [-0.4, -0.2) is 11.6 Å². The molecule has 3 nitrogen and oxygen atoms in total. The molecule has 0 spiro atoms. The zero-order chi connectivity index (χ0) is 21.6. The topological polar surface area (TPSA) is 35.3 Å². The van der Waals surface area contributed by atoms with Gasteiger partial charge in [-0.2, -0.15) is 0 Å². The van der Waals surface area contributed by atoms with E-state index in [-0.39, 0.29) is 5.75 Å². The number of unbranched alkanes of at least 4 members (excludes halogenated alkanes) is 4. The molecule has 4 aromatic rings. The van der Waals surface area contributed by atoms with E-state index in [1.165, 1.54) is 18.6 Å². The molecule has 0 fully saturated rings. The van der Waals surface area contributed by atoms with Crippen LogP contribution in [0.1, 0.15) is 39.0 Å². The Morgan fingerprint density at radius 2 is 1.48 bits per heavy atom. The molecule has 160 valence electrons. The van der Waals surface area contributed by atoms with Gasteiger partial charge in [0.15, 0.2) is 23.0 Å². The van der Waals surface area contributed by atoms with Crippen molar-refractivity contribution in [2.24, 2.45) is 0 Å². The molecule has 31 heavy (non-hydrogen) atoms. The van der Waals surface area contributed by atoms with Crippen molar-refractivity contribution in [3.05, 3.63) is 72.3 Å². The zero-order valence-electron chi connectivity index (χ0n) is 17.5. The second-order valence-electron chi connectivity index (χ2n) is 7.60. The maximum absolute atomic E-state index is 14.5. The number of hydrogen-bond donors (Lipinski definition) is 0. The van der Waals surface area contributed by atoms with Crippen molar-refractivity contribution in [1.82, 2.24) is 4.98 Å². The average molecular weight is 421 g/mol. The van der Waals surface area contributed by atoms with Crippen LogP contribution in [0.3, 0.4) is 0 Å². The van der Waals surface area contributed by atoms with Crippen LogP contribution >= 0.6 is 0 Å². The number of hydrogen-bond acceptors (Lipinski definition) is 3. The molecule has 1 heterocycles. The highest BCUT2D eigenvalue weighted by atomic mass is 19.1. The summed E-state index contributed by atoms with van der Waals surface area (Å²) >= 11 is 0. The van der Waals surface area contributed by atoms with E-state index in [0.29, 0.717) is 29.2 Å². The Bertz CT molecular complexity index is 1100. The number of ether oxygens (including phenoxy) is 1. The van der Waals surface area contributed by atoms with Gasteiger partial charge in [0.2, 0.25) is 5.89 Å². The van der Waals surface area contributed by atoms with Crippen molar-refractivity contribution in [2.45, 2.75) is 39.0 Å². The standard InChI is InChI=1S/C26H25F2NO2/c1-2-3-4-5-8-15-30-25-21(27)16-20(17-22(25)28)18-11-13-19(14-12-18)26-29-23-9-6-7-10-24(23)31-26/h6-7,9-14,16-17H,2-5,8,15H2,1H3. The molecule has 0 amide bonds. The lowest BCUT2D eigenvalue weighted by molar-refractivity contribution is 0.275. The third-order valence-corrected chi connectivity index (χ3v) is 5.25. The van der Waals surface area contributed by atoms with Crippen LogP contribution in [0.4, 0.5) is 8.78 Å². The molecule has 4 rings (SSSR count). The molecule has 0 aliphatic heterocycles. The monoisotopic (exact) mass is 421 g/mol. The third kappa shape index (κ3) is 4.93. The molecule has 1 aromatic heterocycles. The SMILES string of the molecule is CCCCCCCOc1c(F)cc(-c2ccc(-c3nc4ccccc4o3)cc2)cc1F. The molecule has 0 aliphatic carbocycles. The highest BCUT2D eigenvalue weighted by Gasteiger charge is 2.14. The van der Waals surface area contributed by atoms with E-state index in [2.05, 4.69) is 11.9 Å². The van der Waals surface area contributed by atoms with Gasteiger partial charge in [0, 0.05) is 5.56 Å².